The molecule has 0 unspecified atom stereocenters. The van der Waals surface area contributed by atoms with Crippen molar-refractivity contribution in [3.05, 3.63) is 58.6 Å². The topological polar surface area (TPSA) is 59.8 Å². The van der Waals surface area contributed by atoms with E-state index < -0.39 is 0 Å². The molecule has 0 spiro atoms. The number of carbonyl (C=O) groups excluding carboxylic acids is 1. The Morgan fingerprint density at radius 3 is 2.41 bits per heavy atom. The zero-order chi connectivity index (χ0) is 22.9. The van der Waals surface area contributed by atoms with Crippen LogP contribution in [0.2, 0.25) is 5.02 Å². The van der Waals surface area contributed by atoms with E-state index in [2.05, 4.69) is 21.9 Å². The lowest BCUT2D eigenvalue weighted by Crippen LogP contribution is -2.51. The molecule has 3 rings (SSSR count). The number of piperazine rings is 1. The lowest BCUT2D eigenvalue weighted by molar-refractivity contribution is -0.120. The van der Waals surface area contributed by atoms with Crippen molar-refractivity contribution in [2.75, 3.05) is 57.3 Å². The van der Waals surface area contributed by atoms with Gasteiger partial charge in [-0.1, -0.05) is 29.8 Å². The fourth-order valence-electron chi connectivity index (χ4n) is 3.96. The highest BCUT2D eigenvalue weighted by Crippen LogP contribution is 2.23. The molecule has 32 heavy (non-hydrogen) atoms. The second-order valence-electron chi connectivity index (χ2n) is 8.20. The number of benzene rings is 2. The van der Waals surface area contributed by atoms with Gasteiger partial charge in [0.15, 0.2) is 0 Å². The van der Waals surface area contributed by atoms with Crippen molar-refractivity contribution in [2.45, 2.75) is 20.3 Å². The number of para-hydroxylation sites is 1. The molecule has 2 aromatic carbocycles. The lowest BCUT2D eigenvalue weighted by atomic mass is 10.1. The highest BCUT2D eigenvalue weighted by Gasteiger charge is 2.23. The number of nitriles is 1. The van der Waals surface area contributed by atoms with Gasteiger partial charge in [0, 0.05) is 45.0 Å². The normalized spacial score (nSPS) is 14.7. The van der Waals surface area contributed by atoms with E-state index in [0.29, 0.717) is 36.9 Å². The Hall–Kier alpha value is -2.59. The molecule has 1 aliphatic heterocycles. The van der Waals surface area contributed by atoms with Gasteiger partial charge in [-0.2, -0.15) is 5.26 Å². The molecule has 6 nitrogen and oxygen atoms in total. The molecule has 1 amide bonds. The molecule has 0 radical (unpaired) electrons. The van der Waals surface area contributed by atoms with Gasteiger partial charge in [-0.05, 0) is 49.2 Å². The number of rotatable bonds is 9. The number of hydrogen-bond acceptors (Lipinski definition) is 5. The van der Waals surface area contributed by atoms with Gasteiger partial charge < -0.3 is 9.64 Å². The number of halogens is 1. The van der Waals surface area contributed by atoms with Gasteiger partial charge >= 0.3 is 0 Å². The average molecular weight is 455 g/mol. The minimum absolute atomic E-state index is 0.0424. The Balaban J connectivity index is 1.48. The summed E-state index contributed by atoms with van der Waals surface area (Å²) in [6.45, 7) is 9.67. The summed E-state index contributed by atoms with van der Waals surface area (Å²) in [5.41, 5.74) is 3.10. The molecule has 0 N–H and O–H groups in total. The third-order valence-electron chi connectivity index (χ3n) is 5.59. The first-order valence-corrected chi connectivity index (χ1v) is 11.4. The molecule has 7 heteroatoms. The van der Waals surface area contributed by atoms with E-state index in [4.69, 9.17) is 21.6 Å². The zero-order valence-electron chi connectivity index (χ0n) is 18.9. The highest BCUT2D eigenvalue weighted by atomic mass is 35.5. The number of ether oxygens (including phenoxy) is 1. The summed E-state index contributed by atoms with van der Waals surface area (Å²) in [5, 5.41) is 9.67. The molecular weight excluding hydrogens is 424 g/mol. The van der Waals surface area contributed by atoms with Crippen molar-refractivity contribution in [3.63, 3.8) is 0 Å². The van der Waals surface area contributed by atoms with E-state index in [1.807, 2.05) is 50.2 Å². The first-order chi connectivity index (χ1) is 15.5. The van der Waals surface area contributed by atoms with Gasteiger partial charge in [-0.25, -0.2) is 0 Å². The predicted molar refractivity (Wildman–Crippen MR) is 128 cm³/mol. The average Bonchev–Trinajstić information content (AvgIpc) is 2.76. The molecule has 0 bridgehead atoms. The molecule has 0 atom stereocenters. The van der Waals surface area contributed by atoms with Crippen molar-refractivity contribution in [3.8, 4) is 11.8 Å². The van der Waals surface area contributed by atoms with Crippen molar-refractivity contribution in [2.24, 2.45) is 0 Å². The van der Waals surface area contributed by atoms with Crippen LogP contribution >= 0.6 is 11.6 Å². The fourth-order valence-corrected chi connectivity index (χ4v) is 4.15. The quantitative estimate of drug-likeness (QED) is 0.575. The van der Waals surface area contributed by atoms with Crippen LogP contribution in [0.3, 0.4) is 0 Å². The summed E-state index contributed by atoms with van der Waals surface area (Å²) >= 11 is 6.13. The summed E-state index contributed by atoms with van der Waals surface area (Å²) in [6, 6.07) is 15.8. The van der Waals surface area contributed by atoms with Gasteiger partial charge in [0.05, 0.1) is 24.1 Å². The van der Waals surface area contributed by atoms with Crippen LogP contribution in [0, 0.1) is 25.2 Å². The second kappa shape index (κ2) is 11.9. The van der Waals surface area contributed by atoms with E-state index in [0.717, 1.165) is 49.5 Å². The van der Waals surface area contributed by atoms with Crippen LogP contribution in [0.25, 0.3) is 0 Å². The smallest absolute Gasteiger partial charge is 0.241 e. The molecule has 0 aromatic heterocycles. The summed E-state index contributed by atoms with van der Waals surface area (Å²) in [6.07, 6.45) is 0.317. The standard InChI is InChI=1S/C25H31ClN4O2/c1-20-16-21(2)18-22(17-20)30(9-5-8-27)25(31)19-29-12-10-28(11-13-29)14-15-32-24-7-4-3-6-23(24)26/h3-4,6-7,16-18H,5,9-15,19H2,1-2H3. The highest BCUT2D eigenvalue weighted by molar-refractivity contribution is 6.32. The van der Waals surface area contributed by atoms with Gasteiger partial charge in [0.2, 0.25) is 5.91 Å². The lowest BCUT2D eigenvalue weighted by Gasteiger charge is -2.35. The van der Waals surface area contributed by atoms with Crippen LogP contribution in [-0.2, 0) is 4.79 Å². The van der Waals surface area contributed by atoms with Gasteiger partial charge in [-0.3, -0.25) is 14.6 Å². The third kappa shape index (κ3) is 6.96. The molecule has 1 aliphatic rings. The minimum atomic E-state index is 0.0424. The van der Waals surface area contributed by atoms with Gasteiger partial charge in [0.25, 0.3) is 0 Å². The van der Waals surface area contributed by atoms with Crippen LogP contribution in [0.5, 0.6) is 5.75 Å². The van der Waals surface area contributed by atoms with Crippen LogP contribution < -0.4 is 9.64 Å². The predicted octanol–water partition coefficient (Wildman–Crippen LogP) is 3.90. The minimum Gasteiger partial charge on any atom is -0.491 e. The monoisotopic (exact) mass is 454 g/mol. The van der Waals surface area contributed by atoms with Crippen LogP contribution in [0.1, 0.15) is 17.5 Å². The third-order valence-corrected chi connectivity index (χ3v) is 5.90. The molecule has 2 aromatic rings. The number of aryl methyl sites for hydroxylation is 2. The Kier molecular flexibility index (Phi) is 8.92. The van der Waals surface area contributed by atoms with Crippen molar-refractivity contribution < 1.29 is 9.53 Å². The number of carbonyl (C=O) groups is 1. The van der Waals surface area contributed by atoms with Crippen LogP contribution in [-0.4, -0.2) is 68.1 Å². The summed E-state index contributed by atoms with van der Waals surface area (Å²) < 4.78 is 5.79. The molecular formula is C25H31ClN4O2. The first kappa shape index (κ1) is 24.1. The Labute approximate surface area is 195 Å². The largest absolute Gasteiger partial charge is 0.491 e. The van der Waals surface area contributed by atoms with Gasteiger partial charge in [-0.15, -0.1) is 0 Å². The number of amides is 1. The molecule has 170 valence electrons. The number of hydrogen-bond donors (Lipinski definition) is 0. The van der Waals surface area contributed by atoms with Crippen LogP contribution in [0.4, 0.5) is 5.69 Å². The molecule has 1 heterocycles. The molecule has 1 fully saturated rings. The Bertz CT molecular complexity index is 931. The van der Waals surface area contributed by atoms with E-state index in [1.165, 1.54) is 0 Å². The first-order valence-electron chi connectivity index (χ1n) is 11.0. The maximum atomic E-state index is 13.1. The second-order valence-corrected chi connectivity index (χ2v) is 8.60. The maximum absolute atomic E-state index is 13.1. The molecule has 1 saturated heterocycles. The van der Waals surface area contributed by atoms with E-state index in [-0.39, 0.29) is 5.91 Å². The Morgan fingerprint density at radius 2 is 1.75 bits per heavy atom. The molecule has 0 saturated carbocycles. The van der Waals surface area contributed by atoms with Crippen LogP contribution in [0.15, 0.2) is 42.5 Å². The van der Waals surface area contributed by atoms with Crippen molar-refractivity contribution >= 4 is 23.2 Å². The zero-order valence-corrected chi connectivity index (χ0v) is 19.6. The molecule has 0 aliphatic carbocycles. The SMILES string of the molecule is Cc1cc(C)cc(N(CCC#N)C(=O)CN2CCN(CCOc3ccccc3Cl)CC2)c1. The van der Waals surface area contributed by atoms with E-state index in [1.54, 1.807) is 4.90 Å². The summed E-state index contributed by atoms with van der Waals surface area (Å²) in [5.74, 6) is 0.753. The maximum Gasteiger partial charge on any atom is 0.241 e. The van der Waals surface area contributed by atoms with Gasteiger partial charge in [0.1, 0.15) is 12.4 Å². The van der Waals surface area contributed by atoms with Crippen molar-refractivity contribution in [1.82, 2.24) is 9.80 Å². The van der Waals surface area contributed by atoms with E-state index >= 15 is 0 Å². The fraction of sp³-hybridized carbons (Fsp3) is 0.440. The van der Waals surface area contributed by atoms with E-state index in [9.17, 15) is 4.79 Å². The Morgan fingerprint density at radius 1 is 1.09 bits per heavy atom. The van der Waals surface area contributed by atoms with Crippen molar-refractivity contribution in [1.29, 1.82) is 5.26 Å². The number of anilines is 1. The number of nitrogens with zero attached hydrogens (tertiary/aromatic N) is 4. The summed E-state index contributed by atoms with van der Waals surface area (Å²) in [7, 11) is 0. The summed E-state index contributed by atoms with van der Waals surface area (Å²) in [4.78, 5) is 19.4.